The molecule has 0 heterocycles. The maximum absolute atomic E-state index is 8.85. The summed E-state index contributed by atoms with van der Waals surface area (Å²) in [5, 5.41) is 8.85. The Labute approximate surface area is 118 Å². The van der Waals surface area contributed by atoms with E-state index >= 15 is 0 Å². The maximum Gasteiger partial charge on any atom is 0.121 e. The van der Waals surface area contributed by atoms with E-state index < -0.39 is 0 Å². The summed E-state index contributed by atoms with van der Waals surface area (Å²) in [6.45, 7) is 0.740. The molecule has 0 fully saturated rings. The van der Waals surface area contributed by atoms with Gasteiger partial charge in [0.2, 0.25) is 0 Å². The molecule has 0 saturated heterocycles. The van der Waals surface area contributed by atoms with Gasteiger partial charge >= 0.3 is 0 Å². The van der Waals surface area contributed by atoms with Crippen molar-refractivity contribution in [1.82, 2.24) is 0 Å². The smallest absolute Gasteiger partial charge is 0.121 e. The van der Waals surface area contributed by atoms with Crippen LogP contribution in [-0.2, 0) is 6.61 Å². The van der Waals surface area contributed by atoms with Crippen molar-refractivity contribution in [2.24, 2.45) is 5.73 Å². The van der Waals surface area contributed by atoms with Crippen LogP contribution in [0, 0.1) is 23.2 Å². The third kappa shape index (κ3) is 3.62. The monoisotopic (exact) mass is 262 g/mol. The van der Waals surface area contributed by atoms with Crippen molar-refractivity contribution >= 4 is 0 Å². The van der Waals surface area contributed by atoms with Crippen LogP contribution in [0.4, 0.5) is 0 Å². The molecular formula is C17H14N2O. The molecule has 0 atom stereocenters. The highest BCUT2D eigenvalue weighted by atomic mass is 16.5. The van der Waals surface area contributed by atoms with E-state index in [2.05, 4.69) is 17.9 Å². The first kappa shape index (κ1) is 13.7. The van der Waals surface area contributed by atoms with Crippen LogP contribution in [0.15, 0.2) is 48.5 Å². The van der Waals surface area contributed by atoms with E-state index in [-0.39, 0.29) is 0 Å². The van der Waals surface area contributed by atoms with E-state index in [1.165, 1.54) is 0 Å². The van der Waals surface area contributed by atoms with Crippen molar-refractivity contribution in [3.63, 3.8) is 0 Å². The lowest BCUT2D eigenvalue weighted by molar-refractivity contribution is 0.306. The summed E-state index contributed by atoms with van der Waals surface area (Å²) in [5.74, 6) is 6.54. The van der Waals surface area contributed by atoms with Crippen molar-refractivity contribution in [2.45, 2.75) is 6.61 Å². The van der Waals surface area contributed by atoms with Crippen molar-refractivity contribution in [3.05, 3.63) is 65.2 Å². The highest BCUT2D eigenvalue weighted by Crippen LogP contribution is 2.16. The van der Waals surface area contributed by atoms with Gasteiger partial charge in [-0.05, 0) is 24.3 Å². The van der Waals surface area contributed by atoms with Gasteiger partial charge in [-0.15, -0.1) is 0 Å². The molecule has 3 nitrogen and oxygen atoms in total. The first-order valence-electron chi connectivity index (χ1n) is 6.23. The van der Waals surface area contributed by atoms with Gasteiger partial charge in [0.25, 0.3) is 0 Å². The molecule has 0 saturated carbocycles. The summed E-state index contributed by atoms with van der Waals surface area (Å²) < 4.78 is 5.71. The largest absolute Gasteiger partial charge is 0.489 e. The maximum atomic E-state index is 8.85. The molecule has 0 aliphatic carbocycles. The highest BCUT2D eigenvalue weighted by molar-refractivity contribution is 5.42. The van der Waals surface area contributed by atoms with Crippen LogP contribution in [-0.4, -0.2) is 6.54 Å². The number of nitrogens with zero attached hydrogens (tertiary/aromatic N) is 1. The molecule has 0 aliphatic heterocycles. The second-order valence-corrected chi connectivity index (χ2v) is 4.09. The molecule has 2 aromatic rings. The number of nitriles is 1. The number of benzene rings is 2. The third-order valence-corrected chi connectivity index (χ3v) is 2.70. The van der Waals surface area contributed by atoms with Crippen molar-refractivity contribution in [2.75, 3.05) is 6.54 Å². The summed E-state index contributed by atoms with van der Waals surface area (Å²) in [4.78, 5) is 0. The summed E-state index contributed by atoms with van der Waals surface area (Å²) >= 11 is 0. The summed E-state index contributed by atoms with van der Waals surface area (Å²) in [6, 6.07) is 17.0. The van der Waals surface area contributed by atoms with Crippen LogP contribution in [0.1, 0.15) is 16.7 Å². The Kier molecular flexibility index (Phi) is 4.78. The molecule has 0 aliphatic rings. The van der Waals surface area contributed by atoms with E-state index in [4.69, 9.17) is 15.7 Å². The van der Waals surface area contributed by atoms with E-state index in [1.54, 1.807) is 18.2 Å². The summed E-state index contributed by atoms with van der Waals surface area (Å²) in [5.41, 5.74) is 7.88. The van der Waals surface area contributed by atoms with E-state index in [9.17, 15) is 0 Å². The molecule has 3 heteroatoms. The summed E-state index contributed by atoms with van der Waals surface area (Å²) in [6.07, 6.45) is 0. The summed E-state index contributed by atoms with van der Waals surface area (Å²) in [7, 11) is 0. The molecular weight excluding hydrogens is 248 g/mol. The Morgan fingerprint density at radius 3 is 2.75 bits per heavy atom. The zero-order chi connectivity index (χ0) is 14.2. The molecule has 0 amide bonds. The Balaban J connectivity index is 2.13. The second kappa shape index (κ2) is 6.99. The Hall–Kier alpha value is -2.75. The van der Waals surface area contributed by atoms with Crippen molar-refractivity contribution in [3.8, 4) is 23.7 Å². The van der Waals surface area contributed by atoms with Gasteiger partial charge in [-0.25, -0.2) is 0 Å². The molecule has 2 aromatic carbocycles. The van der Waals surface area contributed by atoms with Crippen LogP contribution in [0.5, 0.6) is 5.75 Å². The average molecular weight is 262 g/mol. The van der Waals surface area contributed by atoms with Crippen molar-refractivity contribution in [1.29, 1.82) is 5.26 Å². The molecule has 98 valence electrons. The van der Waals surface area contributed by atoms with Gasteiger partial charge in [0.1, 0.15) is 12.4 Å². The lowest BCUT2D eigenvalue weighted by Gasteiger charge is -2.08. The second-order valence-electron chi connectivity index (χ2n) is 4.09. The molecule has 2 rings (SSSR count). The zero-order valence-corrected chi connectivity index (χ0v) is 11.0. The minimum atomic E-state index is 0.333. The number of hydrogen-bond acceptors (Lipinski definition) is 3. The standard InChI is InChI=1S/C17H14N2O/c18-10-4-8-15-6-1-2-7-16(15)13-20-17-9-3-5-14(11-17)12-19/h1-3,5-7,9,11H,10,13,18H2. The van der Waals surface area contributed by atoms with Crippen molar-refractivity contribution < 1.29 is 4.74 Å². The number of ether oxygens (including phenoxy) is 1. The van der Waals surface area contributed by atoms with Crippen LogP contribution in [0.2, 0.25) is 0 Å². The Morgan fingerprint density at radius 1 is 1.10 bits per heavy atom. The van der Waals surface area contributed by atoms with Crippen LogP contribution < -0.4 is 10.5 Å². The van der Waals surface area contributed by atoms with E-state index in [1.807, 2.05) is 30.3 Å². The average Bonchev–Trinajstić information content (AvgIpc) is 2.52. The molecule has 0 aromatic heterocycles. The highest BCUT2D eigenvalue weighted by Gasteiger charge is 2.01. The number of hydrogen-bond donors (Lipinski definition) is 1. The Bertz CT molecular complexity index is 690. The first-order chi connectivity index (χ1) is 9.83. The van der Waals surface area contributed by atoms with Gasteiger partial charge in [-0.2, -0.15) is 5.26 Å². The quantitative estimate of drug-likeness (QED) is 0.864. The fourth-order valence-electron chi connectivity index (χ4n) is 1.73. The predicted molar refractivity (Wildman–Crippen MR) is 77.9 cm³/mol. The van der Waals surface area contributed by atoms with Gasteiger partial charge in [0.05, 0.1) is 18.2 Å². The molecule has 20 heavy (non-hydrogen) atoms. The lowest BCUT2D eigenvalue weighted by atomic mass is 10.1. The number of rotatable bonds is 3. The van der Waals surface area contributed by atoms with Crippen LogP contribution >= 0.6 is 0 Å². The predicted octanol–water partition coefficient (Wildman–Crippen LogP) is 2.45. The molecule has 0 radical (unpaired) electrons. The lowest BCUT2D eigenvalue weighted by Crippen LogP contribution is -1.99. The topological polar surface area (TPSA) is 59.0 Å². The molecule has 2 N–H and O–H groups in total. The molecule has 0 spiro atoms. The van der Waals surface area contributed by atoms with Crippen LogP contribution in [0.3, 0.4) is 0 Å². The minimum Gasteiger partial charge on any atom is -0.489 e. The van der Waals surface area contributed by atoms with Crippen LogP contribution in [0.25, 0.3) is 0 Å². The van der Waals surface area contributed by atoms with Gasteiger partial charge in [0.15, 0.2) is 0 Å². The fraction of sp³-hybridized carbons (Fsp3) is 0.118. The van der Waals surface area contributed by atoms with Gasteiger partial charge in [0, 0.05) is 11.1 Å². The zero-order valence-electron chi connectivity index (χ0n) is 11.0. The SMILES string of the molecule is N#Cc1cccc(OCc2ccccc2C#CCN)c1. The Morgan fingerprint density at radius 2 is 1.95 bits per heavy atom. The number of nitrogens with two attached hydrogens (primary N) is 1. The van der Waals surface area contributed by atoms with Gasteiger partial charge in [-0.1, -0.05) is 36.1 Å². The van der Waals surface area contributed by atoms with Gasteiger partial charge < -0.3 is 10.5 Å². The molecule has 0 bridgehead atoms. The molecule has 0 unspecified atom stereocenters. The van der Waals surface area contributed by atoms with E-state index in [0.29, 0.717) is 24.5 Å². The third-order valence-electron chi connectivity index (χ3n) is 2.70. The normalized spacial score (nSPS) is 9.20. The fourth-order valence-corrected chi connectivity index (χ4v) is 1.73. The van der Waals surface area contributed by atoms with E-state index in [0.717, 1.165) is 11.1 Å². The minimum absolute atomic E-state index is 0.333. The van der Waals surface area contributed by atoms with Gasteiger partial charge in [-0.3, -0.25) is 0 Å². The first-order valence-corrected chi connectivity index (χ1v) is 6.23.